The van der Waals surface area contributed by atoms with E-state index >= 15 is 0 Å². The van der Waals surface area contributed by atoms with Gasteiger partial charge in [-0.25, -0.2) is 9.78 Å². The lowest BCUT2D eigenvalue weighted by atomic mass is 10.1. The van der Waals surface area contributed by atoms with E-state index in [4.69, 9.17) is 10.2 Å². The fourth-order valence-corrected chi connectivity index (χ4v) is 3.03. The third kappa shape index (κ3) is 5.11. The van der Waals surface area contributed by atoms with Gasteiger partial charge in [0, 0.05) is 23.1 Å². The van der Waals surface area contributed by atoms with E-state index in [2.05, 4.69) is 15.6 Å². The zero-order chi connectivity index (χ0) is 21.7. The van der Waals surface area contributed by atoms with Gasteiger partial charge >= 0.3 is 11.9 Å². The van der Waals surface area contributed by atoms with Gasteiger partial charge in [0.2, 0.25) is 0 Å². The number of pyridine rings is 1. The Balaban J connectivity index is 1.69. The number of nitrogens with zero attached hydrogens (tertiary/aromatic N) is 1. The normalized spacial score (nSPS) is 11.6. The molecule has 1 unspecified atom stereocenters. The largest absolute Gasteiger partial charge is 0.481 e. The number of fused-ring (bicyclic) bond motifs is 1. The molecule has 1 aromatic heterocycles. The zero-order valence-electron chi connectivity index (χ0n) is 16.3. The van der Waals surface area contributed by atoms with Crippen LogP contribution in [0.15, 0.2) is 54.6 Å². The van der Waals surface area contributed by atoms with Crippen LogP contribution in [0.4, 0.5) is 11.5 Å². The summed E-state index contributed by atoms with van der Waals surface area (Å²) in [5.41, 5.74) is 2.94. The standard InChI is InChI=1S/C22H21N3O5/c1-13-12-19(24-17-5-3-2-4-16(13)17)23-15-8-6-14(7-9-15)21(28)25-18(22(29)30)10-11-20(26)27/h2-9,12,18H,10-11H2,1H3,(H,23,24)(H,25,28)(H,26,27)(H,29,30). The molecule has 30 heavy (non-hydrogen) atoms. The number of benzene rings is 2. The number of nitrogens with one attached hydrogen (secondary N) is 2. The molecule has 0 radical (unpaired) electrons. The van der Waals surface area contributed by atoms with E-state index in [9.17, 15) is 14.4 Å². The SMILES string of the molecule is Cc1cc(Nc2ccc(C(=O)NC(CCC(=O)O)C(=O)O)cc2)nc2ccccc12. The highest BCUT2D eigenvalue weighted by atomic mass is 16.4. The van der Waals surface area contributed by atoms with Crippen molar-refractivity contribution in [2.45, 2.75) is 25.8 Å². The van der Waals surface area contributed by atoms with Crippen molar-refractivity contribution in [1.82, 2.24) is 10.3 Å². The molecule has 1 amide bonds. The molecule has 1 atom stereocenters. The number of hydrogen-bond acceptors (Lipinski definition) is 5. The fraction of sp³-hybridized carbons (Fsp3) is 0.182. The first kappa shape index (κ1) is 20.8. The van der Waals surface area contributed by atoms with Gasteiger partial charge in [-0.15, -0.1) is 0 Å². The van der Waals surface area contributed by atoms with Gasteiger partial charge in [-0.2, -0.15) is 0 Å². The summed E-state index contributed by atoms with van der Waals surface area (Å²) in [6.07, 6.45) is -0.540. The van der Waals surface area contributed by atoms with Gasteiger partial charge in [-0.1, -0.05) is 18.2 Å². The number of aryl methyl sites for hydroxylation is 1. The van der Waals surface area contributed by atoms with E-state index in [-0.39, 0.29) is 18.4 Å². The van der Waals surface area contributed by atoms with E-state index in [1.807, 2.05) is 37.3 Å². The summed E-state index contributed by atoms with van der Waals surface area (Å²) in [5, 5.41) is 24.5. The van der Waals surface area contributed by atoms with E-state index in [0.29, 0.717) is 5.82 Å². The number of aromatic nitrogens is 1. The Hall–Kier alpha value is -3.94. The predicted molar refractivity (Wildman–Crippen MR) is 112 cm³/mol. The summed E-state index contributed by atoms with van der Waals surface area (Å²) >= 11 is 0. The Morgan fingerprint density at radius 1 is 1.03 bits per heavy atom. The van der Waals surface area contributed by atoms with Crippen LogP contribution in [0.25, 0.3) is 10.9 Å². The number of carbonyl (C=O) groups is 3. The number of anilines is 2. The second-order valence-corrected chi connectivity index (χ2v) is 6.84. The minimum atomic E-state index is -1.28. The fourth-order valence-electron chi connectivity index (χ4n) is 3.03. The Kier molecular flexibility index (Phi) is 6.26. The molecule has 154 valence electrons. The van der Waals surface area contributed by atoms with E-state index < -0.39 is 23.9 Å². The summed E-state index contributed by atoms with van der Waals surface area (Å²) in [6.45, 7) is 2.01. The molecule has 0 aliphatic heterocycles. The number of carbonyl (C=O) groups excluding carboxylic acids is 1. The third-order valence-corrected chi connectivity index (χ3v) is 4.59. The molecule has 2 aromatic carbocycles. The number of amides is 1. The van der Waals surface area contributed by atoms with Gasteiger partial charge in [0.1, 0.15) is 11.9 Å². The second kappa shape index (κ2) is 9.04. The van der Waals surface area contributed by atoms with E-state index in [1.165, 1.54) is 0 Å². The predicted octanol–water partition coefficient (Wildman–Crippen LogP) is 3.33. The maximum Gasteiger partial charge on any atom is 0.326 e. The molecular formula is C22H21N3O5. The molecule has 1 heterocycles. The van der Waals surface area contributed by atoms with E-state index in [1.54, 1.807) is 24.3 Å². The maximum absolute atomic E-state index is 12.3. The topological polar surface area (TPSA) is 129 Å². The van der Waals surface area contributed by atoms with Crippen LogP contribution in [0.5, 0.6) is 0 Å². The van der Waals surface area contributed by atoms with Gasteiger partial charge in [0.25, 0.3) is 5.91 Å². The third-order valence-electron chi connectivity index (χ3n) is 4.59. The lowest BCUT2D eigenvalue weighted by Crippen LogP contribution is -2.41. The number of carboxylic acid groups (broad SMARTS) is 2. The molecular weight excluding hydrogens is 386 g/mol. The maximum atomic E-state index is 12.3. The minimum absolute atomic E-state index is 0.191. The molecule has 0 bridgehead atoms. The van der Waals surface area contributed by atoms with Crippen LogP contribution < -0.4 is 10.6 Å². The summed E-state index contributed by atoms with van der Waals surface area (Å²) in [6, 6.07) is 15.0. The van der Waals surface area contributed by atoms with Crippen molar-refractivity contribution in [1.29, 1.82) is 0 Å². The molecule has 0 fully saturated rings. The van der Waals surface area contributed by atoms with Crippen LogP contribution in [0.1, 0.15) is 28.8 Å². The van der Waals surface area contributed by atoms with Crippen molar-refractivity contribution in [3.63, 3.8) is 0 Å². The first-order chi connectivity index (χ1) is 14.3. The Morgan fingerprint density at radius 3 is 2.40 bits per heavy atom. The molecule has 0 saturated heterocycles. The molecule has 8 heteroatoms. The van der Waals surface area contributed by atoms with Crippen molar-refractivity contribution in [3.05, 3.63) is 65.7 Å². The average Bonchev–Trinajstić information content (AvgIpc) is 2.71. The smallest absolute Gasteiger partial charge is 0.326 e. The Bertz CT molecular complexity index is 1100. The van der Waals surface area contributed by atoms with Crippen molar-refractivity contribution in [3.8, 4) is 0 Å². The summed E-state index contributed by atoms with van der Waals surface area (Å²) in [5.74, 6) is -2.31. The van der Waals surface area contributed by atoms with Crippen molar-refractivity contribution < 1.29 is 24.6 Å². The summed E-state index contributed by atoms with van der Waals surface area (Å²) in [7, 11) is 0. The molecule has 0 aliphatic carbocycles. The zero-order valence-corrected chi connectivity index (χ0v) is 16.3. The Labute approximate surface area is 172 Å². The lowest BCUT2D eigenvalue weighted by molar-refractivity contribution is -0.140. The molecule has 4 N–H and O–H groups in total. The molecule has 3 aromatic rings. The van der Waals surface area contributed by atoms with Crippen molar-refractivity contribution in [2.75, 3.05) is 5.32 Å². The highest BCUT2D eigenvalue weighted by molar-refractivity contribution is 5.97. The van der Waals surface area contributed by atoms with Crippen LogP contribution in [0, 0.1) is 6.92 Å². The highest BCUT2D eigenvalue weighted by Gasteiger charge is 2.21. The number of hydrogen-bond donors (Lipinski definition) is 4. The number of para-hydroxylation sites is 1. The number of aliphatic carboxylic acids is 2. The van der Waals surface area contributed by atoms with Crippen molar-refractivity contribution >= 4 is 40.3 Å². The van der Waals surface area contributed by atoms with Crippen LogP contribution in [0.3, 0.4) is 0 Å². The van der Waals surface area contributed by atoms with Gasteiger partial charge in [-0.05, 0) is 55.3 Å². The summed E-state index contributed by atoms with van der Waals surface area (Å²) in [4.78, 5) is 38.8. The van der Waals surface area contributed by atoms with E-state index in [0.717, 1.165) is 22.2 Å². The molecule has 0 aliphatic rings. The van der Waals surface area contributed by atoms with Crippen LogP contribution in [-0.2, 0) is 9.59 Å². The second-order valence-electron chi connectivity index (χ2n) is 6.84. The monoisotopic (exact) mass is 407 g/mol. The molecule has 0 spiro atoms. The quantitative estimate of drug-likeness (QED) is 0.451. The number of carboxylic acids is 2. The van der Waals surface area contributed by atoms with Crippen molar-refractivity contribution in [2.24, 2.45) is 0 Å². The lowest BCUT2D eigenvalue weighted by Gasteiger charge is -2.14. The first-order valence-electron chi connectivity index (χ1n) is 9.32. The van der Waals surface area contributed by atoms with Gasteiger partial charge < -0.3 is 20.8 Å². The molecule has 0 saturated carbocycles. The van der Waals surface area contributed by atoms with Crippen LogP contribution in [-0.4, -0.2) is 39.1 Å². The van der Waals surface area contributed by atoms with Gasteiger partial charge in [-0.3, -0.25) is 9.59 Å². The number of rotatable bonds is 8. The van der Waals surface area contributed by atoms with Crippen LogP contribution >= 0.6 is 0 Å². The highest BCUT2D eigenvalue weighted by Crippen LogP contribution is 2.22. The van der Waals surface area contributed by atoms with Crippen LogP contribution in [0.2, 0.25) is 0 Å². The first-order valence-corrected chi connectivity index (χ1v) is 9.32. The minimum Gasteiger partial charge on any atom is -0.481 e. The molecule has 3 rings (SSSR count). The summed E-state index contributed by atoms with van der Waals surface area (Å²) < 4.78 is 0. The van der Waals surface area contributed by atoms with Gasteiger partial charge in [0.15, 0.2) is 0 Å². The van der Waals surface area contributed by atoms with Gasteiger partial charge in [0.05, 0.1) is 5.52 Å². The average molecular weight is 407 g/mol. The molecule has 8 nitrogen and oxygen atoms in total. The Morgan fingerprint density at radius 2 is 1.73 bits per heavy atom.